The third kappa shape index (κ3) is 3.02. The molecule has 1 N–H and O–H groups in total. The van der Waals surface area contributed by atoms with Gasteiger partial charge in [-0.1, -0.05) is 0 Å². The Morgan fingerprint density at radius 1 is 1.35 bits per heavy atom. The lowest BCUT2D eigenvalue weighted by Crippen LogP contribution is -2.32. The fraction of sp³-hybridized carbons (Fsp3) is 0.500. The van der Waals surface area contributed by atoms with Crippen LogP contribution in [0.3, 0.4) is 0 Å². The van der Waals surface area contributed by atoms with E-state index in [0.29, 0.717) is 13.2 Å². The second-order valence-electron chi connectivity index (χ2n) is 4.97. The molecule has 0 radical (unpaired) electrons. The van der Waals surface area contributed by atoms with E-state index in [2.05, 4.69) is 5.32 Å². The quantitative estimate of drug-likeness (QED) is 0.656. The van der Waals surface area contributed by atoms with Gasteiger partial charge in [-0.2, -0.15) is 0 Å². The molecule has 0 aliphatic carbocycles. The molecule has 0 aromatic heterocycles. The number of non-ortho nitro benzene ring substituents is 1. The lowest BCUT2D eigenvalue weighted by molar-refractivity contribution is -0.393. The molecular weight excluding hydrogens is 266 g/mol. The van der Waals surface area contributed by atoms with Crippen molar-refractivity contribution in [1.82, 2.24) is 0 Å². The van der Waals surface area contributed by atoms with Crippen LogP contribution in [0.25, 0.3) is 0 Å². The fourth-order valence-corrected chi connectivity index (χ4v) is 2.19. The van der Waals surface area contributed by atoms with Crippen molar-refractivity contribution < 1.29 is 14.6 Å². The molecule has 20 heavy (non-hydrogen) atoms. The van der Waals surface area contributed by atoms with E-state index >= 15 is 0 Å². The van der Waals surface area contributed by atoms with Gasteiger partial charge in [-0.25, -0.2) is 0 Å². The molecule has 1 aromatic carbocycles. The first-order valence-corrected chi connectivity index (χ1v) is 6.22. The summed E-state index contributed by atoms with van der Waals surface area (Å²) in [5.74, 6) is 0. The Morgan fingerprint density at radius 3 is 2.65 bits per heavy atom. The lowest BCUT2D eigenvalue weighted by atomic mass is 10.0. The van der Waals surface area contributed by atoms with Crippen LogP contribution in [-0.4, -0.2) is 28.6 Å². The predicted molar refractivity (Wildman–Crippen MR) is 71.8 cm³/mol. The predicted octanol–water partition coefficient (Wildman–Crippen LogP) is 2.48. The molecule has 1 saturated heterocycles. The van der Waals surface area contributed by atoms with Gasteiger partial charge in [0.05, 0.1) is 21.5 Å². The van der Waals surface area contributed by atoms with Gasteiger partial charge in [-0.15, -0.1) is 0 Å². The van der Waals surface area contributed by atoms with Crippen molar-refractivity contribution in [3.8, 4) is 0 Å². The number of hydrogen-bond acceptors (Lipinski definition) is 6. The Labute approximate surface area is 115 Å². The first-order chi connectivity index (χ1) is 9.41. The van der Waals surface area contributed by atoms with E-state index in [1.54, 1.807) is 0 Å². The second kappa shape index (κ2) is 5.41. The largest absolute Gasteiger partial charge is 0.377 e. The molecule has 1 aliphatic rings. The van der Waals surface area contributed by atoms with Crippen molar-refractivity contribution in [2.24, 2.45) is 0 Å². The fourth-order valence-electron chi connectivity index (χ4n) is 2.19. The third-order valence-corrected chi connectivity index (χ3v) is 3.34. The molecule has 0 bridgehead atoms. The molecular formula is C12H15N3O5. The number of anilines is 1. The third-order valence-electron chi connectivity index (χ3n) is 3.34. The zero-order valence-corrected chi connectivity index (χ0v) is 11.0. The van der Waals surface area contributed by atoms with Crippen LogP contribution in [0.5, 0.6) is 0 Å². The molecule has 0 spiro atoms. The van der Waals surface area contributed by atoms with Crippen molar-refractivity contribution in [1.29, 1.82) is 0 Å². The molecule has 0 saturated carbocycles. The van der Waals surface area contributed by atoms with Gasteiger partial charge < -0.3 is 10.1 Å². The normalized spacial score (nSPS) is 21.6. The summed E-state index contributed by atoms with van der Waals surface area (Å²) in [6, 6.07) is 3.56. The SMILES string of the molecule is CC1(CNc2ccc([N+](=O)[O-])cc2[N+](=O)[O-])CCCO1. The monoisotopic (exact) mass is 281 g/mol. The van der Waals surface area contributed by atoms with Gasteiger partial charge in [0, 0.05) is 19.2 Å². The minimum Gasteiger partial charge on any atom is -0.377 e. The highest BCUT2D eigenvalue weighted by atomic mass is 16.6. The Bertz CT molecular complexity index is 540. The van der Waals surface area contributed by atoms with Crippen molar-refractivity contribution in [2.75, 3.05) is 18.5 Å². The zero-order chi connectivity index (χ0) is 14.8. The Morgan fingerprint density at radius 2 is 2.10 bits per heavy atom. The highest BCUT2D eigenvalue weighted by Gasteiger charge is 2.30. The van der Waals surface area contributed by atoms with Crippen LogP contribution in [0.15, 0.2) is 18.2 Å². The lowest BCUT2D eigenvalue weighted by Gasteiger charge is -2.23. The smallest absolute Gasteiger partial charge is 0.299 e. The number of hydrogen-bond donors (Lipinski definition) is 1. The van der Waals surface area contributed by atoms with Crippen LogP contribution in [0, 0.1) is 20.2 Å². The topological polar surface area (TPSA) is 108 Å². The summed E-state index contributed by atoms with van der Waals surface area (Å²) in [5.41, 5.74) is -0.695. The highest BCUT2D eigenvalue weighted by molar-refractivity contribution is 5.65. The molecule has 1 aromatic rings. The Hall–Kier alpha value is -2.22. The first-order valence-electron chi connectivity index (χ1n) is 6.22. The average molecular weight is 281 g/mol. The van der Waals surface area contributed by atoms with Crippen molar-refractivity contribution in [3.63, 3.8) is 0 Å². The van der Waals surface area contributed by atoms with E-state index in [1.807, 2.05) is 6.92 Å². The Kier molecular flexibility index (Phi) is 3.84. The van der Waals surface area contributed by atoms with E-state index in [1.165, 1.54) is 12.1 Å². The van der Waals surface area contributed by atoms with Gasteiger partial charge in [0.1, 0.15) is 5.69 Å². The average Bonchev–Trinajstić information content (AvgIpc) is 2.83. The summed E-state index contributed by atoms with van der Waals surface area (Å²) in [6.07, 6.45) is 1.83. The number of ether oxygens (including phenoxy) is 1. The summed E-state index contributed by atoms with van der Waals surface area (Å²) >= 11 is 0. The number of benzene rings is 1. The van der Waals surface area contributed by atoms with Crippen LogP contribution in [-0.2, 0) is 4.74 Å². The van der Waals surface area contributed by atoms with E-state index < -0.39 is 9.85 Å². The van der Waals surface area contributed by atoms with Crippen molar-refractivity contribution in [3.05, 3.63) is 38.4 Å². The molecule has 1 aliphatic heterocycles. The number of nitrogens with zero attached hydrogens (tertiary/aromatic N) is 2. The van der Waals surface area contributed by atoms with E-state index in [4.69, 9.17) is 4.74 Å². The van der Waals surface area contributed by atoms with Gasteiger partial charge in [0.2, 0.25) is 0 Å². The van der Waals surface area contributed by atoms with Gasteiger partial charge in [0.25, 0.3) is 11.4 Å². The number of nitro groups is 2. The molecule has 8 nitrogen and oxygen atoms in total. The van der Waals surface area contributed by atoms with Crippen molar-refractivity contribution in [2.45, 2.75) is 25.4 Å². The van der Waals surface area contributed by atoms with E-state index in [0.717, 1.165) is 18.9 Å². The molecule has 108 valence electrons. The molecule has 2 rings (SSSR count). The summed E-state index contributed by atoms with van der Waals surface area (Å²) < 4.78 is 5.58. The number of rotatable bonds is 5. The number of nitrogens with one attached hydrogen (secondary N) is 1. The standard InChI is InChI=1S/C12H15N3O5/c1-12(5-2-6-20-12)8-13-10-4-3-9(14(16)17)7-11(10)15(18)19/h3-4,7,13H,2,5-6,8H2,1H3. The van der Waals surface area contributed by atoms with Gasteiger partial charge in [-0.05, 0) is 25.8 Å². The van der Waals surface area contributed by atoms with Crippen LogP contribution in [0.4, 0.5) is 17.1 Å². The molecule has 1 heterocycles. The maximum Gasteiger partial charge on any atom is 0.299 e. The molecule has 1 atom stereocenters. The molecule has 1 fully saturated rings. The van der Waals surface area contributed by atoms with Crippen LogP contribution < -0.4 is 5.32 Å². The van der Waals surface area contributed by atoms with Crippen LogP contribution >= 0.6 is 0 Å². The maximum atomic E-state index is 11.0. The summed E-state index contributed by atoms with van der Waals surface area (Å²) in [6.45, 7) is 3.04. The minimum absolute atomic E-state index is 0.261. The molecule has 1 unspecified atom stereocenters. The van der Waals surface area contributed by atoms with E-state index in [-0.39, 0.29) is 22.7 Å². The van der Waals surface area contributed by atoms with Crippen LogP contribution in [0.2, 0.25) is 0 Å². The molecule has 8 heteroatoms. The molecule has 0 amide bonds. The van der Waals surface area contributed by atoms with Crippen molar-refractivity contribution >= 4 is 17.1 Å². The van der Waals surface area contributed by atoms with E-state index in [9.17, 15) is 20.2 Å². The Balaban J connectivity index is 2.18. The number of nitro benzene ring substituents is 2. The van der Waals surface area contributed by atoms with Crippen LogP contribution in [0.1, 0.15) is 19.8 Å². The highest BCUT2D eigenvalue weighted by Crippen LogP contribution is 2.31. The minimum atomic E-state index is -0.655. The zero-order valence-electron chi connectivity index (χ0n) is 11.0. The summed E-state index contributed by atoms with van der Waals surface area (Å²) in [5, 5.41) is 24.6. The van der Waals surface area contributed by atoms with Gasteiger partial charge in [-0.3, -0.25) is 20.2 Å². The second-order valence-corrected chi connectivity index (χ2v) is 4.97. The summed E-state index contributed by atoms with van der Waals surface area (Å²) in [7, 11) is 0. The van der Waals surface area contributed by atoms with Gasteiger partial charge in [0.15, 0.2) is 0 Å². The maximum absolute atomic E-state index is 11.0. The van der Waals surface area contributed by atoms with Gasteiger partial charge >= 0.3 is 0 Å². The summed E-state index contributed by atoms with van der Waals surface area (Å²) in [4.78, 5) is 20.3. The first kappa shape index (κ1) is 14.2.